The van der Waals surface area contributed by atoms with E-state index in [0.29, 0.717) is 11.5 Å². The van der Waals surface area contributed by atoms with Gasteiger partial charge in [-0.15, -0.1) is 0 Å². The van der Waals surface area contributed by atoms with Gasteiger partial charge < -0.3 is 9.80 Å². The van der Waals surface area contributed by atoms with E-state index in [4.69, 9.17) is 0 Å². The van der Waals surface area contributed by atoms with E-state index in [1.54, 1.807) is 24.8 Å². The summed E-state index contributed by atoms with van der Waals surface area (Å²) in [6.07, 6.45) is 9.93. The van der Waals surface area contributed by atoms with Crippen molar-refractivity contribution < 1.29 is 4.79 Å². The zero-order valence-electron chi connectivity index (χ0n) is 13.4. The van der Waals surface area contributed by atoms with Crippen molar-refractivity contribution in [3.8, 4) is 0 Å². The van der Waals surface area contributed by atoms with E-state index in [0.717, 1.165) is 38.9 Å². The molecule has 0 saturated carbocycles. The normalized spacial score (nSPS) is 14.0. The summed E-state index contributed by atoms with van der Waals surface area (Å²) in [6, 6.07) is 4.01. The van der Waals surface area contributed by atoms with Gasteiger partial charge in [0.2, 0.25) is 5.95 Å². The zero-order chi connectivity index (χ0) is 16.1. The van der Waals surface area contributed by atoms with Crippen molar-refractivity contribution in [1.29, 1.82) is 0 Å². The van der Waals surface area contributed by atoms with Crippen molar-refractivity contribution in [1.82, 2.24) is 19.9 Å². The van der Waals surface area contributed by atoms with Crippen molar-refractivity contribution in [2.45, 2.75) is 19.3 Å². The molecule has 1 aliphatic rings. The average molecular weight is 311 g/mol. The summed E-state index contributed by atoms with van der Waals surface area (Å²) >= 11 is 0. The van der Waals surface area contributed by atoms with E-state index in [9.17, 15) is 4.79 Å². The van der Waals surface area contributed by atoms with Gasteiger partial charge in [-0.05, 0) is 37.0 Å². The second-order valence-electron chi connectivity index (χ2n) is 5.80. The average Bonchev–Trinajstić information content (AvgIpc) is 3.15. The summed E-state index contributed by atoms with van der Waals surface area (Å²) in [5, 5.41) is 0. The van der Waals surface area contributed by atoms with Gasteiger partial charge in [0, 0.05) is 51.5 Å². The van der Waals surface area contributed by atoms with Crippen LogP contribution in [0.5, 0.6) is 0 Å². The molecule has 0 aliphatic carbocycles. The Morgan fingerprint density at radius 2 is 1.83 bits per heavy atom. The molecule has 23 heavy (non-hydrogen) atoms. The smallest absolute Gasteiger partial charge is 0.256 e. The van der Waals surface area contributed by atoms with Gasteiger partial charge in [-0.2, -0.15) is 0 Å². The minimum Gasteiger partial charge on any atom is -0.344 e. The molecule has 2 aromatic heterocycles. The highest BCUT2D eigenvalue weighted by Gasteiger charge is 2.20. The fraction of sp³-hybridized carbons (Fsp3) is 0.412. The van der Waals surface area contributed by atoms with E-state index in [1.165, 1.54) is 5.56 Å². The van der Waals surface area contributed by atoms with Gasteiger partial charge >= 0.3 is 0 Å². The third-order valence-corrected chi connectivity index (χ3v) is 4.11. The van der Waals surface area contributed by atoms with Crippen molar-refractivity contribution >= 4 is 11.9 Å². The van der Waals surface area contributed by atoms with Crippen LogP contribution in [0.1, 0.15) is 28.8 Å². The molecule has 120 valence electrons. The lowest BCUT2D eigenvalue weighted by atomic mass is 10.2. The van der Waals surface area contributed by atoms with Gasteiger partial charge in [-0.1, -0.05) is 0 Å². The van der Waals surface area contributed by atoms with E-state index in [2.05, 4.69) is 15.0 Å². The third kappa shape index (κ3) is 3.83. The maximum atomic E-state index is 12.3. The SMILES string of the molecule is CN(CCc1ccncc1)c1ncc(C(=O)N2CCCC2)cn1. The van der Waals surface area contributed by atoms with Crippen molar-refractivity contribution in [2.24, 2.45) is 0 Å². The summed E-state index contributed by atoms with van der Waals surface area (Å²) < 4.78 is 0. The van der Waals surface area contributed by atoms with Crippen molar-refractivity contribution in [2.75, 3.05) is 31.6 Å². The Hall–Kier alpha value is -2.50. The van der Waals surface area contributed by atoms with Crippen LogP contribution in [0, 0.1) is 0 Å². The maximum absolute atomic E-state index is 12.3. The minimum atomic E-state index is 0.0356. The van der Waals surface area contributed by atoms with Crippen LogP contribution in [0.4, 0.5) is 5.95 Å². The number of likely N-dealkylation sites (N-methyl/N-ethyl adjacent to an activating group) is 1. The van der Waals surface area contributed by atoms with Crippen LogP contribution in [0.25, 0.3) is 0 Å². The third-order valence-electron chi connectivity index (χ3n) is 4.11. The first kappa shape index (κ1) is 15.4. The number of anilines is 1. The molecular formula is C17H21N5O. The quantitative estimate of drug-likeness (QED) is 0.842. The van der Waals surface area contributed by atoms with Crippen LogP contribution in [0.3, 0.4) is 0 Å². The van der Waals surface area contributed by atoms with Crippen molar-refractivity contribution in [3.63, 3.8) is 0 Å². The summed E-state index contributed by atoms with van der Waals surface area (Å²) in [6.45, 7) is 2.49. The predicted octanol–water partition coefficient (Wildman–Crippen LogP) is 1.79. The molecule has 1 saturated heterocycles. The van der Waals surface area contributed by atoms with E-state index in [-0.39, 0.29) is 5.91 Å². The largest absolute Gasteiger partial charge is 0.344 e. The number of amides is 1. The number of hydrogen-bond donors (Lipinski definition) is 0. The second kappa shape index (κ2) is 7.17. The zero-order valence-corrected chi connectivity index (χ0v) is 13.4. The van der Waals surface area contributed by atoms with Crippen LogP contribution >= 0.6 is 0 Å². The number of rotatable bonds is 5. The Labute approximate surface area is 136 Å². The molecular weight excluding hydrogens is 290 g/mol. The molecule has 3 rings (SSSR count). The molecule has 0 unspecified atom stereocenters. The molecule has 1 aliphatic heterocycles. The van der Waals surface area contributed by atoms with Crippen molar-refractivity contribution in [3.05, 3.63) is 48.0 Å². The van der Waals surface area contributed by atoms with Gasteiger partial charge in [-0.3, -0.25) is 9.78 Å². The molecule has 0 radical (unpaired) electrons. The molecule has 2 aromatic rings. The maximum Gasteiger partial charge on any atom is 0.256 e. The second-order valence-corrected chi connectivity index (χ2v) is 5.80. The topological polar surface area (TPSA) is 62.2 Å². The van der Waals surface area contributed by atoms with Gasteiger partial charge in [0.15, 0.2) is 0 Å². The van der Waals surface area contributed by atoms with E-state index in [1.807, 2.05) is 29.0 Å². The standard InChI is InChI=1S/C17H21N5O/c1-21(11-6-14-4-7-18-8-5-14)17-19-12-15(13-20-17)16(23)22-9-2-3-10-22/h4-5,7-8,12-13H,2-3,6,9-11H2,1H3. The summed E-state index contributed by atoms with van der Waals surface area (Å²) in [7, 11) is 1.96. The van der Waals surface area contributed by atoms with Crippen LogP contribution < -0.4 is 4.90 Å². The molecule has 1 fully saturated rings. The highest BCUT2D eigenvalue weighted by molar-refractivity contribution is 5.93. The Bertz CT molecular complexity index is 638. The molecule has 0 aromatic carbocycles. The molecule has 0 N–H and O–H groups in total. The molecule has 0 spiro atoms. The first-order valence-corrected chi connectivity index (χ1v) is 7.95. The lowest BCUT2D eigenvalue weighted by Gasteiger charge is -2.18. The Morgan fingerprint density at radius 3 is 2.48 bits per heavy atom. The monoisotopic (exact) mass is 311 g/mol. The predicted molar refractivity (Wildman–Crippen MR) is 88.4 cm³/mol. The van der Waals surface area contributed by atoms with E-state index < -0.39 is 0 Å². The van der Waals surface area contributed by atoms with Crippen LogP contribution in [0.15, 0.2) is 36.9 Å². The Kier molecular flexibility index (Phi) is 4.80. The number of carbonyl (C=O) groups is 1. The van der Waals surface area contributed by atoms with Gasteiger partial charge in [0.1, 0.15) is 0 Å². The lowest BCUT2D eigenvalue weighted by Crippen LogP contribution is -2.28. The summed E-state index contributed by atoms with van der Waals surface area (Å²) in [5.74, 6) is 0.672. The Balaban J connectivity index is 1.58. The first-order valence-electron chi connectivity index (χ1n) is 7.95. The summed E-state index contributed by atoms with van der Waals surface area (Å²) in [5.41, 5.74) is 1.80. The number of likely N-dealkylation sites (tertiary alicyclic amines) is 1. The number of hydrogen-bond acceptors (Lipinski definition) is 5. The molecule has 3 heterocycles. The number of carbonyl (C=O) groups excluding carboxylic acids is 1. The fourth-order valence-corrected chi connectivity index (χ4v) is 2.68. The Morgan fingerprint density at radius 1 is 1.17 bits per heavy atom. The molecule has 1 amide bonds. The first-order chi connectivity index (χ1) is 11.2. The molecule has 6 heteroatoms. The molecule has 0 atom stereocenters. The van der Waals surface area contributed by atoms with Gasteiger partial charge in [0.25, 0.3) is 5.91 Å². The van der Waals surface area contributed by atoms with Crippen LogP contribution in [0.2, 0.25) is 0 Å². The molecule has 6 nitrogen and oxygen atoms in total. The summed E-state index contributed by atoms with van der Waals surface area (Å²) in [4.78, 5) is 28.8. The highest BCUT2D eigenvalue weighted by atomic mass is 16.2. The lowest BCUT2D eigenvalue weighted by molar-refractivity contribution is 0.0792. The number of pyridine rings is 1. The number of aromatic nitrogens is 3. The highest BCUT2D eigenvalue weighted by Crippen LogP contribution is 2.13. The van der Waals surface area contributed by atoms with Gasteiger partial charge in [0.05, 0.1) is 5.56 Å². The number of nitrogens with zero attached hydrogens (tertiary/aromatic N) is 5. The fourth-order valence-electron chi connectivity index (χ4n) is 2.68. The van der Waals surface area contributed by atoms with Gasteiger partial charge in [-0.25, -0.2) is 9.97 Å². The van der Waals surface area contributed by atoms with Crippen LogP contribution in [-0.2, 0) is 6.42 Å². The molecule has 0 bridgehead atoms. The van der Waals surface area contributed by atoms with E-state index >= 15 is 0 Å². The minimum absolute atomic E-state index is 0.0356. The van der Waals surface area contributed by atoms with Crippen LogP contribution in [-0.4, -0.2) is 52.4 Å².